The van der Waals surface area contributed by atoms with Crippen molar-refractivity contribution < 1.29 is 13.2 Å². The highest BCUT2D eigenvalue weighted by atomic mass is 32.2. The van der Waals surface area contributed by atoms with Gasteiger partial charge in [0.05, 0.1) is 15.8 Å². The van der Waals surface area contributed by atoms with Gasteiger partial charge in [-0.05, 0) is 72.6 Å². The quantitative estimate of drug-likeness (QED) is 0.271. The van der Waals surface area contributed by atoms with Gasteiger partial charge in [-0.2, -0.15) is 0 Å². The van der Waals surface area contributed by atoms with E-state index >= 15 is 0 Å². The summed E-state index contributed by atoms with van der Waals surface area (Å²) in [5, 5.41) is 0.886. The van der Waals surface area contributed by atoms with Crippen LogP contribution in [0.4, 0.5) is 5.69 Å². The van der Waals surface area contributed by atoms with Crippen LogP contribution in [0.15, 0.2) is 83.8 Å². The first-order valence-electron chi connectivity index (χ1n) is 13.2. The lowest BCUT2D eigenvalue weighted by Crippen LogP contribution is -2.36. The Morgan fingerprint density at radius 1 is 0.921 bits per heavy atom. The molecule has 2 heterocycles. The van der Waals surface area contributed by atoms with Crippen LogP contribution in [0.5, 0.6) is 0 Å². The molecule has 0 saturated heterocycles. The summed E-state index contributed by atoms with van der Waals surface area (Å²) in [7, 11) is -1.94. The lowest BCUT2D eigenvalue weighted by molar-refractivity contribution is -0.122. The van der Waals surface area contributed by atoms with Gasteiger partial charge in [-0.3, -0.25) is 4.79 Å². The first kappa shape index (κ1) is 26.2. The first-order valence-corrected chi connectivity index (χ1v) is 14.6. The molecule has 6 heteroatoms. The van der Waals surface area contributed by atoms with Crippen molar-refractivity contribution in [1.82, 2.24) is 3.97 Å². The lowest BCUT2D eigenvalue weighted by Gasteiger charge is -2.26. The molecule has 4 aromatic rings. The number of carbonyl (C=O) groups is 1. The molecule has 3 aromatic carbocycles. The molecule has 1 aliphatic heterocycles. The van der Waals surface area contributed by atoms with E-state index in [1.165, 1.54) is 9.54 Å². The van der Waals surface area contributed by atoms with Gasteiger partial charge in [0.2, 0.25) is 5.91 Å². The number of rotatable bonds is 6. The van der Waals surface area contributed by atoms with Crippen molar-refractivity contribution in [2.24, 2.45) is 0 Å². The predicted molar refractivity (Wildman–Crippen MR) is 155 cm³/mol. The summed E-state index contributed by atoms with van der Waals surface area (Å²) in [6.07, 6.45) is 1.28. The topological polar surface area (TPSA) is 59.4 Å². The maximum atomic E-state index is 13.8. The molecular weight excluding hydrogens is 492 g/mol. The minimum Gasteiger partial charge on any atom is -0.314 e. The van der Waals surface area contributed by atoms with Gasteiger partial charge >= 0.3 is 0 Å². The number of para-hydroxylation sites is 1. The zero-order chi connectivity index (χ0) is 27.5. The van der Waals surface area contributed by atoms with E-state index in [1.807, 2.05) is 50.4 Å². The fourth-order valence-corrected chi connectivity index (χ4v) is 7.34. The minimum atomic E-state index is -3.80. The second-order valence-corrected chi connectivity index (χ2v) is 13.6. The largest absolute Gasteiger partial charge is 0.314 e. The lowest BCUT2D eigenvalue weighted by atomic mass is 9.76. The number of likely N-dealkylation sites (N-methyl/N-ethyl adjacent to an activating group) is 1. The zero-order valence-corrected chi connectivity index (χ0v) is 23.8. The maximum Gasteiger partial charge on any atom is 0.268 e. The maximum absolute atomic E-state index is 13.8. The van der Waals surface area contributed by atoms with E-state index in [2.05, 4.69) is 45.9 Å². The van der Waals surface area contributed by atoms with Crippen molar-refractivity contribution in [3.8, 4) is 0 Å². The molecule has 1 aromatic heterocycles. The van der Waals surface area contributed by atoms with E-state index in [9.17, 15) is 13.2 Å². The molecule has 5 rings (SSSR count). The van der Waals surface area contributed by atoms with Gasteiger partial charge < -0.3 is 4.90 Å². The summed E-state index contributed by atoms with van der Waals surface area (Å²) >= 11 is 0. The summed E-state index contributed by atoms with van der Waals surface area (Å²) in [5.74, 6) is -0.00285. The van der Waals surface area contributed by atoms with Crippen molar-refractivity contribution in [3.63, 3.8) is 0 Å². The Bertz CT molecular complexity index is 1630. The highest BCUT2D eigenvalue weighted by Gasteiger charge is 2.46. The number of benzene rings is 3. The Morgan fingerprint density at radius 3 is 2.26 bits per heavy atom. The fourth-order valence-electron chi connectivity index (χ4n) is 5.69. The van der Waals surface area contributed by atoms with Crippen LogP contribution in [-0.4, -0.2) is 25.3 Å². The van der Waals surface area contributed by atoms with Crippen LogP contribution < -0.4 is 4.90 Å². The Labute approximate surface area is 226 Å². The number of nitrogens with zero attached hydrogens (tertiary/aromatic N) is 2. The first-order chi connectivity index (χ1) is 17.9. The van der Waals surface area contributed by atoms with Crippen LogP contribution in [0.1, 0.15) is 70.2 Å². The number of carbonyl (C=O) groups excluding carboxylic acids is 1. The molecule has 38 heavy (non-hydrogen) atoms. The van der Waals surface area contributed by atoms with E-state index in [-0.39, 0.29) is 22.1 Å². The Hall–Kier alpha value is -3.38. The Kier molecular flexibility index (Phi) is 6.30. The SMILES string of the molecule is CC(CCC1(C)C(=O)N(C)c2cc(C(C)(C)C)ccc21)c1cc2ccccc2n1S(=O)(=O)c1ccccc1. The molecule has 0 aliphatic carbocycles. The number of hydrogen-bond acceptors (Lipinski definition) is 3. The third-order valence-corrected chi connectivity index (χ3v) is 9.91. The van der Waals surface area contributed by atoms with Gasteiger partial charge in [0, 0.05) is 23.8 Å². The Balaban J connectivity index is 1.51. The van der Waals surface area contributed by atoms with Crippen LogP contribution in [0.3, 0.4) is 0 Å². The molecule has 198 valence electrons. The summed E-state index contributed by atoms with van der Waals surface area (Å²) in [5.41, 5.74) is 3.95. The molecule has 0 spiro atoms. The van der Waals surface area contributed by atoms with E-state index < -0.39 is 15.4 Å². The van der Waals surface area contributed by atoms with Gasteiger partial charge in [-0.25, -0.2) is 12.4 Å². The van der Waals surface area contributed by atoms with Crippen molar-refractivity contribution in [2.45, 2.75) is 69.1 Å². The molecule has 2 unspecified atom stereocenters. The standard InChI is InChI=1S/C32H36N2O3S/c1-22(18-19-32(5)26-17-16-24(31(2,3)4)21-29(26)33(6)30(32)35)28-20-23-12-10-11-15-27(23)34(28)38(36,37)25-13-8-7-9-14-25/h7-17,20-22H,18-19H2,1-6H3. The number of amides is 1. The van der Waals surface area contributed by atoms with E-state index in [4.69, 9.17) is 0 Å². The highest BCUT2D eigenvalue weighted by molar-refractivity contribution is 7.90. The van der Waals surface area contributed by atoms with Crippen molar-refractivity contribution >= 4 is 32.5 Å². The number of aromatic nitrogens is 1. The van der Waals surface area contributed by atoms with E-state index in [0.29, 0.717) is 18.4 Å². The van der Waals surface area contributed by atoms with Crippen molar-refractivity contribution in [3.05, 3.63) is 95.7 Å². The summed E-state index contributed by atoms with van der Waals surface area (Å²) in [6.45, 7) is 10.6. The van der Waals surface area contributed by atoms with Gasteiger partial charge in [0.1, 0.15) is 0 Å². The van der Waals surface area contributed by atoms with Gasteiger partial charge in [-0.1, -0.05) is 76.2 Å². The molecule has 2 atom stereocenters. The second-order valence-electron chi connectivity index (χ2n) is 11.8. The molecular formula is C32H36N2O3S. The molecule has 0 fully saturated rings. The normalized spacial score (nSPS) is 18.7. The molecule has 0 N–H and O–H groups in total. The second kappa shape index (κ2) is 9.12. The van der Waals surface area contributed by atoms with E-state index in [1.54, 1.807) is 29.2 Å². The fraction of sp³-hybridized carbons (Fsp3) is 0.344. The third kappa shape index (κ3) is 4.15. The molecule has 5 nitrogen and oxygen atoms in total. The molecule has 0 bridgehead atoms. The van der Waals surface area contributed by atoms with Gasteiger partial charge in [0.15, 0.2) is 0 Å². The highest BCUT2D eigenvalue weighted by Crippen LogP contribution is 2.46. The van der Waals surface area contributed by atoms with E-state index in [0.717, 1.165) is 22.3 Å². The summed E-state index contributed by atoms with van der Waals surface area (Å²) in [6, 6.07) is 24.5. The van der Waals surface area contributed by atoms with Crippen LogP contribution >= 0.6 is 0 Å². The zero-order valence-electron chi connectivity index (χ0n) is 23.0. The molecule has 0 saturated carbocycles. The van der Waals surface area contributed by atoms with Crippen LogP contribution in [0.25, 0.3) is 10.9 Å². The molecule has 1 aliphatic rings. The van der Waals surface area contributed by atoms with Crippen molar-refractivity contribution in [1.29, 1.82) is 0 Å². The summed E-state index contributed by atoms with van der Waals surface area (Å²) in [4.78, 5) is 15.6. The minimum absolute atomic E-state index is 0.00984. The number of hydrogen-bond donors (Lipinski definition) is 0. The average molecular weight is 529 g/mol. The number of fused-ring (bicyclic) bond motifs is 2. The predicted octanol–water partition coefficient (Wildman–Crippen LogP) is 6.99. The van der Waals surface area contributed by atoms with Crippen LogP contribution in [-0.2, 0) is 25.6 Å². The average Bonchev–Trinajstić information content (AvgIpc) is 3.38. The molecule has 0 radical (unpaired) electrons. The Morgan fingerprint density at radius 2 is 1.58 bits per heavy atom. The monoisotopic (exact) mass is 528 g/mol. The number of anilines is 1. The van der Waals surface area contributed by atoms with Crippen LogP contribution in [0, 0.1) is 0 Å². The van der Waals surface area contributed by atoms with Gasteiger partial charge in [-0.15, -0.1) is 0 Å². The smallest absolute Gasteiger partial charge is 0.268 e. The van der Waals surface area contributed by atoms with Gasteiger partial charge in [0.25, 0.3) is 10.0 Å². The molecule has 1 amide bonds. The van der Waals surface area contributed by atoms with Crippen molar-refractivity contribution in [2.75, 3.05) is 11.9 Å². The third-order valence-electron chi connectivity index (χ3n) is 8.15. The summed E-state index contributed by atoms with van der Waals surface area (Å²) < 4.78 is 29.2. The van der Waals surface area contributed by atoms with Crippen LogP contribution in [0.2, 0.25) is 0 Å².